The van der Waals surface area contributed by atoms with E-state index in [2.05, 4.69) is 41.4 Å². The summed E-state index contributed by atoms with van der Waals surface area (Å²) in [6.45, 7) is 5.51. The van der Waals surface area contributed by atoms with E-state index in [1.807, 2.05) is 6.07 Å². The topological polar surface area (TPSA) is 41.6 Å². The Hall–Kier alpha value is -1.55. The van der Waals surface area contributed by atoms with Crippen molar-refractivity contribution in [3.8, 4) is 0 Å². The molecule has 4 heteroatoms. The highest BCUT2D eigenvalue weighted by Gasteiger charge is 2.22. The molecule has 4 nitrogen and oxygen atoms in total. The lowest BCUT2D eigenvalue weighted by atomic mass is 10.2. The molecule has 1 atom stereocenters. The number of nitrogens with zero attached hydrogens (tertiary/aromatic N) is 1. The van der Waals surface area contributed by atoms with Gasteiger partial charge in [-0.3, -0.25) is 4.79 Å². The standard InChI is InChI=1S/C16H24N2O2/c1-2-18(14-8-4-3-5-9-14)12-7-11-17-16(19)15-10-6-13-20-15/h3-5,8-9,15H,2,6-7,10-13H2,1H3,(H,17,19). The summed E-state index contributed by atoms with van der Waals surface area (Å²) in [5.74, 6) is 0.0465. The number of hydrogen-bond acceptors (Lipinski definition) is 3. The lowest BCUT2D eigenvalue weighted by Crippen LogP contribution is -2.36. The molecule has 2 rings (SSSR count). The number of amides is 1. The van der Waals surface area contributed by atoms with Crippen molar-refractivity contribution in [3.63, 3.8) is 0 Å². The van der Waals surface area contributed by atoms with Gasteiger partial charge in [0.25, 0.3) is 0 Å². The van der Waals surface area contributed by atoms with Crippen LogP contribution in [0.4, 0.5) is 5.69 Å². The summed E-state index contributed by atoms with van der Waals surface area (Å²) >= 11 is 0. The number of anilines is 1. The predicted octanol–water partition coefficient (Wildman–Crippen LogP) is 2.20. The van der Waals surface area contributed by atoms with E-state index in [-0.39, 0.29) is 12.0 Å². The molecular formula is C16H24N2O2. The molecule has 1 aliphatic heterocycles. The molecule has 0 aliphatic carbocycles. The van der Waals surface area contributed by atoms with Crippen LogP contribution in [0.15, 0.2) is 30.3 Å². The molecule has 20 heavy (non-hydrogen) atoms. The number of carbonyl (C=O) groups excluding carboxylic acids is 1. The second kappa shape index (κ2) is 7.90. The average Bonchev–Trinajstić information content (AvgIpc) is 3.02. The first-order chi connectivity index (χ1) is 9.81. The van der Waals surface area contributed by atoms with Crippen LogP contribution in [-0.2, 0) is 9.53 Å². The van der Waals surface area contributed by atoms with Crippen LogP contribution in [0.25, 0.3) is 0 Å². The van der Waals surface area contributed by atoms with Crippen LogP contribution in [0.5, 0.6) is 0 Å². The van der Waals surface area contributed by atoms with Crippen molar-refractivity contribution in [2.45, 2.75) is 32.3 Å². The van der Waals surface area contributed by atoms with Gasteiger partial charge in [-0.1, -0.05) is 18.2 Å². The van der Waals surface area contributed by atoms with Crippen molar-refractivity contribution < 1.29 is 9.53 Å². The Kier molecular flexibility index (Phi) is 5.87. The van der Waals surface area contributed by atoms with E-state index in [1.165, 1.54) is 5.69 Å². The Morgan fingerprint density at radius 1 is 1.40 bits per heavy atom. The first-order valence-electron chi connectivity index (χ1n) is 7.50. The van der Waals surface area contributed by atoms with Gasteiger partial charge in [-0.2, -0.15) is 0 Å². The van der Waals surface area contributed by atoms with Crippen LogP contribution in [-0.4, -0.2) is 38.3 Å². The van der Waals surface area contributed by atoms with Gasteiger partial charge in [-0.15, -0.1) is 0 Å². The van der Waals surface area contributed by atoms with Gasteiger partial charge >= 0.3 is 0 Å². The van der Waals surface area contributed by atoms with Gasteiger partial charge in [0.2, 0.25) is 5.91 Å². The molecule has 1 unspecified atom stereocenters. The van der Waals surface area contributed by atoms with Gasteiger partial charge in [0.15, 0.2) is 0 Å². The van der Waals surface area contributed by atoms with E-state index in [1.54, 1.807) is 0 Å². The highest BCUT2D eigenvalue weighted by atomic mass is 16.5. The zero-order valence-electron chi connectivity index (χ0n) is 12.2. The Bertz CT molecular complexity index is 402. The quantitative estimate of drug-likeness (QED) is 0.776. The van der Waals surface area contributed by atoms with Crippen LogP contribution < -0.4 is 10.2 Å². The first-order valence-corrected chi connectivity index (χ1v) is 7.50. The number of benzene rings is 1. The summed E-state index contributed by atoms with van der Waals surface area (Å²) in [5.41, 5.74) is 1.24. The smallest absolute Gasteiger partial charge is 0.249 e. The fourth-order valence-electron chi connectivity index (χ4n) is 2.49. The van der Waals surface area contributed by atoms with Crippen LogP contribution in [0, 0.1) is 0 Å². The lowest BCUT2D eigenvalue weighted by Gasteiger charge is -2.23. The van der Waals surface area contributed by atoms with E-state index >= 15 is 0 Å². The second-order valence-corrected chi connectivity index (χ2v) is 5.06. The number of carbonyl (C=O) groups is 1. The molecular weight excluding hydrogens is 252 g/mol. The van der Waals surface area contributed by atoms with Gasteiger partial charge in [-0.25, -0.2) is 0 Å². The summed E-state index contributed by atoms with van der Waals surface area (Å²) in [6.07, 6.45) is 2.58. The van der Waals surface area contributed by atoms with Crippen molar-refractivity contribution in [2.75, 3.05) is 31.1 Å². The van der Waals surface area contributed by atoms with Gasteiger partial charge in [0, 0.05) is 31.9 Å². The average molecular weight is 276 g/mol. The largest absolute Gasteiger partial charge is 0.372 e. The van der Waals surface area contributed by atoms with Gasteiger partial charge in [0.1, 0.15) is 6.10 Å². The normalized spacial score (nSPS) is 17.9. The molecule has 0 spiro atoms. The third-order valence-electron chi connectivity index (χ3n) is 3.63. The molecule has 1 aliphatic rings. The maximum Gasteiger partial charge on any atom is 0.249 e. The predicted molar refractivity (Wildman–Crippen MR) is 80.9 cm³/mol. The van der Waals surface area contributed by atoms with E-state index in [0.29, 0.717) is 6.54 Å². The Morgan fingerprint density at radius 2 is 2.20 bits per heavy atom. The Labute approximate surface area is 121 Å². The van der Waals surface area contributed by atoms with Crippen LogP contribution in [0.3, 0.4) is 0 Å². The minimum atomic E-state index is -0.216. The summed E-state index contributed by atoms with van der Waals surface area (Å²) < 4.78 is 5.36. The van der Waals surface area contributed by atoms with Crippen molar-refractivity contribution in [1.29, 1.82) is 0 Å². The van der Waals surface area contributed by atoms with E-state index in [9.17, 15) is 4.79 Å². The number of nitrogens with one attached hydrogen (secondary N) is 1. The minimum absolute atomic E-state index is 0.0465. The third kappa shape index (κ3) is 4.23. The van der Waals surface area contributed by atoms with Crippen LogP contribution in [0.2, 0.25) is 0 Å². The Balaban J connectivity index is 1.68. The number of rotatable bonds is 7. The van der Waals surface area contributed by atoms with Gasteiger partial charge < -0.3 is 15.0 Å². The van der Waals surface area contributed by atoms with E-state index in [4.69, 9.17) is 4.74 Å². The Morgan fingerprint density at radius 3 is 2.85 bits per heavy atom. The SMILES string of the molecule is CCN(CCCNC(=O)C1CCCO1)c1ccccc1. The molecule has 1 heterocycles. The summed E-state index contributed by atoms with van der Waals surface area (Å²) in [5, 5.41) is 2.96. The molecule has 1 amide bonds. The van der Waals surface area contributed by atoms with Crippen LogP contribution >= 0.6 is 0 Å². The fourth-order valence-corrected chi connectivity index (χ4v) is 2.49. The summed E-state index contributed by atoms with van der Waals surface area (Å²) in [4.78, 5) is 14.1. The van der Waals surface area contributed by atoms with E-state index in [0.717, 1.165) is 39.0 Å². The highest BCUT2D eigenvalue weighted by Crippen LogP contribution is 2.13. The molecule has 0 radical (unpaired) electrons. The maximum atomic E-state index is 11.8. The molecule has 1 saturated heterocycles. The highest BCUT2D eigenvalue weighted by molar-refractivity contribution is 5.80. The molecule has 1 N–H and O–H groups in total. The molecule has 110 valence electrons. The van der Waals surface area contributed by atoms with Gasteiger partial charge in [0.05, 0.1) is 0 Å². The molecule has 0 saturated carbocycles. The number of ether oxygens (including phenoxy) is 1. The van der Waals surface area contributed by atoms with E-state index < -0.39 is 0 Å². The van der Waals surface area contributed by atoms with Crippen molar-refractivity contribution in [3.05, 3.63) is 30.3 Å². The molecule has 1 fully saturated rings. The summed E-state index contributed by atoms with van der Waals surface area (Å²) in [6, 6.07) is 10.4. The lowest BCUT2D eigenvalue weighted by molar-refractivity contribution is -0.130. The maximum absolute atomic E-state index is 11.8. The van der Waals surface area contributed by atoms with Crippen molar-refractivity contribution in [2.24, 2.45) is 0 Å². The number of hydrogen-bond donors (Lipinski definition) is 1. The van der Waals surface area contributed by atoms with Crippen LogP contribution in [0.1, 0.15) is 26.2 Å². The van der Waals surface area contributed by atoms with Gasteiger partial charge in [-0.05, 0) is 38.3 Å². The molecule has 0 bridgehead atoms. The molecule has 0 aromatic heterocycles. The molecule has 1 aromatic rings. The monoisotopic (exact) mass is 276 g/mol. The second-order valence-electron chi connectivity index (χ2n) is 5.06. The third-order valence-corrected chi connectivity index (χ3v) is 3.63. The van der Waals surface area contributed by atoms with Crippen molar-refractivity contribution >= 4 is 11.6 Å². The zero-order valence-corrected chi connectivity index (χ0v) is 12.2. The van der Waals surface area contributed by atoms with Crippen molar-refractivity contribution in [1.82, 2.24) is 5.32 Å². The molecule has 1 aromatic carbocycles. The minimum Gasteiger partial charge on any atom is -0.372 e. The summed E-state index contributed by atoms with van der Waals surface area (Å²) in [7, 11) is 0. The first kappa shape index (κ1) is 14.9. The number of para-hydroxylation sites is 1. The zero-order chi connectivity index (χ0) is 14.2. The fraction of sp³-hybridized carbons (Fsp3) is 0.562.